The van der Waals surface area contributed by atoms with Crippen LogP contribution in [0, 0.1) is 0 Å². The Bertz CT molecular complexity index is 333. The van der Waals surface area contributed by atoms with Crippen molar-refractivity contribution < 1.29 is 10.2 Å². The Balaban J connectivity index is 2.90. The van der Waals surface area contributed by atoms with Crippen molar-refractivity contribution in [2.75, 3.05) is 5.33 Å². The highest BCUT2D eigenvalue weighted by Crippen LogP contribution is 2.31. The van der Waals surface area contributed by atoms with Gasteiger partial charge in [0.1, 0.15) is 6.10 Å². The quantitative estimate of drug-likeness (QED) is 0.838. The molecule has 0 radical (unpaired) electrons. The van der Waals surface area contributed by atoms with Crippen molar-refractivity contribution in [1.82, 2.24) is 0 Å². The van der Waals surface area contributed by atoms with Crippen LogP contribution in [0.25, 0.3) is 0 Å². The Morgan fingerprint density at radius 3 is 2.53 bits per heavy atom. The van der Waals surface area contributed by atoms with Crippen molar-refractivity contribution in [2.24, 2.45) is 0 Å². The number of hydrogen-bond acceptors (Lipinski definition) is 2. The van der Waals surface area contributed by atoms with Gasteiger partial charge in [-0.15, -0.1) is 0 Å². The third-order valence-corrected chi connectivity index (χ3v) is 3.36. The summed E-state index contributed by atoms with van der Waals surface area (Å²) in [5.41, 5.74) is 0.456. The van der Waals surface area contributed by atoms with Crippen LogP contribution < -0.4 is 0 Å². The molecule has 2 unspecified atom stereocenters. The Hall–Kier alpha value is 0.200. The first-order valence-corrected chi connectivity index (χ1v) is 6.31. The predicted molar refractivity (Wildman–Crippen MR) is 65.8 cm³/mol. The van der Waals surface area contributed by atoms with E-state index in [9.17, 15) is 10.2 Å². The van der Waals surface area contributed by atoms with Gasteiger partial charge in [-0.05, 0) is 12.5 Å². The van der Waals surface area contributed by atoms with Crippen LogP contribution in [0.15, 0.2) is 18.2 Å². The number of aliphatic hydroxyl groups excluding tert-OH is 2. The SMILES string of the molecule is OC(CCBr)C(O)c1cccc(Cl)c1Cl. The number of halogens is 3. The second kappa shape index (κ2) is 6.06. The second-order valence-electron chi connectivity index (χ2n) is 3.13. The molecule has 2 atom stereocenters. The van der Waals surface area contributed by atoms with Crippen LogP contribution in [0.3, 0.4) is 0 Å². The second-order valence-corrected chi connectivity index (χ2v) is 4.71. The molecule has 0 heterocycles. The van der Waals surface area contributed by atoms with Gasteiger partial charge in [-0.25, -0.2) is 0 Å². The molecule has 0 aromatic heterocycles. The molecule has 2 nitrogen and oxygen atoms in total. The molecule has 1 aromatic rings. The van der Waals surface area contributed by atoms with Gasteiger partial charge in [0.15, 0.2) is 0 Å². The molecule has 0 aliphatic rings. The van der Waals surface area contributed by atoms with E-state index in [1.807, 2.05) is 0 Å². The fourth-order valence-corrected chi connectivity index (χ4v) is 2.11. The Morgan fingerprint density at radius 1 is 1.27 bits per heavy atom. The minimum Gasteiger partial charge on any atom is -0.390 e. The molecule has 0 fully saturated rings. The van der Waals surface area contributed by atoms with Crippen molar-refractivity contribution in [3.63, 3.8) is 0 Å². The van der Waals surface area contributed by atoms with Gasteiger partial charge in [-0.2, -0.15) is 0 Å². The smallest absolute Gasteiger partial charge is 0.106 e. The number of hydrogen-bond donors (Lipinski definition) is 2. The van der Waals surface area contributed by atoms with Crippen LogP contribution in [0.2, 0.25) is 10.0 Å². The summed E-state index contributed by atoms with van der Waals surface area (Å²) >= 11 is 14.9. The van der Waals surface area contributed by atoms with Gasteiger partial charge in [0.05, 0.1) is 16.1 Å². The highest BCUT2D eigenvalue weighted by molar-refractivity contribution is 9.09. The van der Waals surface area contributed by atoms with Gasteiger partial charge in [-0.3, -0.25) is 0 Å². The highest BCUT2D eigenvalue weighted by Gasteiger charge is 2.20. The normalized spacial score (nSPS) is 15.0. The van der Waals surface area contributed by atoms with Crippen LogP contribution in [-0.4, -0.2) is 21.6 Å². The minimum atomic E-state index is -1.01. The first-order chi connectivity index (χ1) is 7.07. The van der Waals surface area contributed by atoms with Gasteiger partial charge in [0, 0.05) is 10.9 Å². The molecule has 0 amide bonds. The third kappa shape index (κ3) is 3.33. The fourth-order valence-electron chi connectivity index (χ4n) is 1.23. The molecule has 1 aromatic carbocycles. The maximum Gasteiger partial charge on any atom is 0.106 e. The number of rotatable bonds is 4. The monoisotopic (exact) mass is 312 g/mol. The lowest BCUT2D eigenvalue weighted by atomic mass is 10.0. The Labute approximate surface area is 107 Å². The first kappa shape index (κ1) is 13.3. The van der Waals surface area contributed by atoms with Gasteiger partial charge in [0.25, 0.3) is 0 Å². The zero-order chi connectivity index (χ0) is 11.4. The minimum absolute atomic E-state index is 0.292. The molecule has 0 aliphatic carbocycles. The van der Waals surface area contributed by atoms with Crippen molar-refractivity contribution in [3.05, 3.63) is 33.8 Å². The van der Waals surface area contributed by atoms with E-state index in [2.05, 4.69) is 15.9 Å². The molecule has 0 saturated carbocycles. The van der Waals surface area contributed by atoms with Gasteiger partial charge in [-0.1, -0.05) is 51.3 Å². The maximum atomic E-state index is 9.81. The van der Waals surface area contributed by atoms with Crippen LogP contribution in [0.1, 0.15) is 18.1 Å². The standard InChI is InChI=1S/C10H11BrCl2O2/c11-5-4-8(14)10(15)6-2-1-3-7(12)9(6)13/h1-3,8,10,14-15H,4-5H2. The van der Waals surface area contributed by atoms with Crippen LogP contribution in [0.5, 0.6) is 0 Å². The van der Waals surface area contributed by atoms with Crippen LogP contribution >= 0.6 is 39.1 Å². The lowest BCUT2D eigenvalue weighted by molar-refractivity contribution is 0.0174. The number of alkyl halides is 1. The molecule has 5 heteroatoms. The van der Waals surface area contributed by atoms with Crippen molar-refractivity contribution in [2.45, 2.75) is 18.6 Å². The Kier molecular flexibility index (Phi) is 5.36. The van der Waals surface area contributed by atoms with Crippen molar-refractivity contribution >= 4 is 39.1 Å². The van der Waals surface area contributed by atoms with E-state index in [1.54, 1.807) is 18.2 Å². The summed E-state index contributed by atoms with van der Waals surface area (Å²) in [7, 11) is 0. The highest BCUT2D eigenvalue weighted by atomic mass is 79.9. The molecule has 0 saturated heterocycles. The number of benzene rings is 1. The molecule has 0 aliphatic heterocycles. The summed E-state index contributed by atoms with van der Waals surface area (Å²) < 4.78 is 0. The summed E-state index contributed by atoms with van der Waals surface area (Å²) in [6.07, 6.45) is -1.40. The summed E-state index contributed by atoms with van der Waals surface area (Å²) in [6.45, 7) is 0. The molecule has 84 valence electrons. The van der Waals surface area contributed by atoms with E-state index in [4.69, 9.17) is 23.2 Å². The third-order valence-electron chi connectivity index (χ3n) is 2.07. The molecule has 0 spiro atoms. The summed E-state index contributed by atoms with van der Waals surface area (Å²) in [5, 5.41) is 20.7. The Morgan fingerprint density at radius 2 is 1.93 bits per heavy atom. The van der Waals surface area contributed by atoms with Gasteiger partial charge >= 0.3 is 0 Å². The fraction of sp³-hybridized carbons (Fsp3) is 0.400. The molecule has 15 heavy (non-hydrogen) atoms. The first-order valence-electron chi connectivity index (χ1n) is 4.44. The molecule has 0 bridgehead atoms. The van der Waals surface area contributed by atoms with E-state index in [0.717, 1.165) is 0 Å². The summed E-state index contributed by atoms with van der Waals surface area (Å²) in [6, 6.07) is 4.97. The van der Waals surface area contributed by atoms with E-state index >= 15 is 0 Å². The lowest BCUT2D eigenvalue weighted by Gasteiger charge is -2.18. The van der Waals surface area contributed by atoms with E-state index in [1.165, 1.54) is 0 Å². The summed E-state index contributed by atoms with van der Waals surface area (Å²) in [4.78, 5) is 0. The van der Waals surface area contributed by atoms with Gasteiger partial charge in [0.2, 0.25) is 0 Å². The number of aliphatic hydroxyl groups is 2. The average Bonchev–Trinajstić information content (AvgIpc) is 2.21. The van der Waals surface area contributed by atoms with E-state index in [-0.39, 0.29) is 0 Å². The molecule has 2 N–H and O–H groups in total. The maximum absolute atomic E-state index is 9.81. The van der Waals surface area contributed by atoms with Gasteiger partial charge < -0.3 is 10.2 Å². The van der Waals surface area contributed by atoms with E-state index < -0.39 is 12.2 Å². The topological polar surface area (TPSA) is 40.5 Å². The van der Waals surface area contributed by atoms with Crippen molar-refractivity contribution in [1.29, 1.82) is 0 Å². The molecule has 1 rings (SSSR count). The zero-order valence-electron chi connectivity index (χ0n) is 7.83. The van der Waals surface area contributed by atoms with Crippen LogP contribution in [0.4, 0.5) is 0 Å². The van der Waals surface area contributed by atoms with Crippen LogP contribution in [-0.2, 0) is 0 Å². The van der Waals surface area contributed by atoms with Crippen molar-refractivity contribution in [3.8, 4) is 0 Å². The predicted octanol–water partition coefficient (Wildman–Crippen LogP) is 3.17. The molecular weight excluding hydrogens is 303 g/mol. The zero-order valence-corrected chi connectivity index (χ0v) is 10.9. The summed E-state index contributed by atoms with van der Waals surface area (Å²) in [5.74, 6) is 0. The largest absolute Gasteiger partial charge is 0.390 e. The molecular formula is C10H11BrCl2O2. The van der Waals surface area contributed by atoms with E-state index in [0.29, 0.717) is 27.4 Å². The average molecular weight is 314 g/mol. The lowest BCUT2D eigenvalue weighted by Crippen LogP contribution is -2.18.